The van der Waals surface area contributed by atoms with Crippen LogP contribution in [0.4, 0.5) is 13.2 Å². The van der Waals surface area contributed by atoms with Crippen LogP contribution in [0, 0.1) is 28.0 Å². The molecule has 0 saturated carbocycles. The first-order valence-corrected chi connectivity index (χ1v) is 11.2. The standard InChI is InChI=1S/C15H15F3INO3S/c1-10-8-11(2)14(12(3)9-10)19(13-6-4-5-7-20-13)23-24(21,22)15(16,17)18/h4-9H,1-3H3. The topological polar surface area (TPSA) is 56.3 Å². The van der Waals surface area contributed by atoms with Crippen molar-refractivity contribution in [1.29, 1.82) is 0 Å². The summed E-state index contributed by atoms with van der Waals surface area (Å²) in [6, 6.07) is 8.27. The van der Waals surface area contributed by atoms with Crippen molar-refractivity contribution in [3.8, 4) is 0 Å². The van der Waals surface area contributed by atoms with Crippen LogP contribution in [0.15, 0.2) is 36.5 Å². The number of benzene rings is 1. The molecule has 1 heterocycles. The summed E-state index contributed by atoms with van der Waals surface area (Å²) in [7, 11) is -5.71. The van der Waals surface area contributed by atoms with E-state index in [2.05, 4.69) is 4.98 Å². The first-order chi connectivity index (χ1) is 11.0. The summed E-state index contributed by atoms with van der Waals surface area (Å²) in [5, 5.41) is 0. The number of rotatable bonds is 4. The molecule has 0 spiro atoms. The van der Waals surface area contributed by atoms with Crippen molar-refractivity contribution in [2.24, 2.45) is 0 Å². The van der Waals surface area contributed by atoms with Crippen LogP contribution in [-0.4, -0.2) is 18.9 Å². The third-order valence-electron chi connectivity index (χ3n) is 2.99. The number of hydrogen-bond donors (Lipinski definition) is 0. The van der Waals surface area contributed by atoms with Gasteiger partial charge >= 0.3 is 146 Å². The Balaban J connectivity index is 2.62. The van der Waals surface area contributed by atoms with Gasteiger partial charge in [-0.1, -0.05) is 0 Å². The maximum atomic E-state index is 12.8. The van der Waals surface area contributed by atoms with Gasteiger partial charge in [0.15, 0.2) is 0 Å². The van der Waals surface area contributed by atoms with E-state index in [1.165, 1.54) is 12.3 Å². The number of alkyl halides is 3. The van der Waals surface area contributed by atoms with E-state index in [-0.39, 0.29) is 3.70 Å². The normalized spacial score (nSPS) is 13.0. The SMILES string of the molecule is Cc1cc(C)c(I(OS(=O)(=O)C(F)(F)F)c2ccccn2)c(C)c1. The van der Waals surface area contributed by atoms with E-state index < -0.39 is 35.9 Å². The molecule has 2 aromatic rings. The van der Waals surface area contributed by atoms with Gasteiger partial charge in [-0.05, 0) is 0 Å². The molecule has 0 aliphatic carbocycles. The number of pyridine rings is 1. The predicted molar refractivity (Wildman–Crippen MR) is 92.4 cm³/mol. The summed E-state index contributed by atoms with van der Waals surface area (Å²) < 4.78 is 66.9. The first-order valence-electron chi connectivity index (χ1n) is 6.73. The maximum absolute atomic E-state index is 12.8. The molecular weight excluding hydrogens is 458 g/mol. The Morgan fingerprint density at radius 1 is 1.08 bits per heavy atom. The van der Waals surface area contributed by atoms with Crippen LogP contribution in [0.3, 0.4) is 0 Å². The van der Waals surface area contributed by atoms with Gasteiger partial charge in [-0.2, -0.15) is 0 Å². The van der Waals surface area contributed by atoms with E-state index in [0.29, 0.717) is 14.7 Å². The summed E-state index contributed by atoms with van der Waals surface area (Å²) in [5.41, 5.74) is -3.14. The zero-order chi connectivity index (χ0) is 18.1. The Labute approximate surface area is 146 Å². The Bertz CT molecular complexity index is 816. The molecule has 1 aromatic heterocycles. The van der Waals surface area contributed by atoms with Gasteiger partial charge in [0, 0.05) is 0 Å². The third kappa shape index (κ3) is 4.06. The van der Waals surface area contributed by atoms with Crippen LogP contribution in [-0.2, 0) is 12.6 Å². The minimum absolute atomic E-state index is 0.240. The second-order valence-corrected chi connectivity index (χ2v) is 11.3. The van der Waals surface area contributed by atoms with Gasteiger partial charge in [0.2, 0.25) is 0 Å². The third-order valence-corrected chi connectivity index (χ3v) is 10.7. The molecule has 0 fully saturated rings. The molecule has 4 nitrogen and oxygen atoms in total. The second-order valence-electron chi connectivity index (χ2n) is 5.08. The van der Waals surface area contributed by atoms with Gasteiger partial charge < -0.3 is 0 Å². The fourth-order valence-electron chi connectivity index (χ4n) is 2.16. The average Bonchev–Trinajstić information content (AvgIpc) is 2.44. The Morgan fingerprint density at radius 2 is 1.67 bits per heavy atom. The zero-order valence-electron chi connectivity index (χ0n) is 13.1. The van der Waals surface area contributed by atoms with Gasteiger partial charge in [0.05, 0.1) is 0 Å². The van der Waals surface area contributed by atoms with Crippen molar-refractivity contribution in [3.05, 3.63) is 60.5 Å². The predicted octanol–water partition coefficient (Wildman–Crippen LogP) is 4.33. The van der Waals surface area contributed by atoms with Gasteiger partial charge in [-0.15, -0.1) is 0 Å². The molecule has 0 bridgehead atoms. The van der Waals surface area contributed by atoms with Crippen LogP contribution in [0.2, 0.25) is 0 Å². The Kier molecular flexibility index (Phi) is 5.55. The van der Waals surface area contributed by atoms with Crippen LogP contribution < -0.4 is 0 Å². The monoisotopic (exact) mass is 473 g/mol. The summed E-state index contributed by atoms with van der Waals surface area (Å²) in [6.07, 6.45) is 1.40. The van der Waals surface area contributed by atoms with Gasteiger partial charge in [0.1, 0.15) is 0 Å². The molecule has 0 aliphatic rings. The van der Waals surface area contributed by atoms with E-state index in [1.807, 2.05) is 6.92 Å². The summed E-state index contributed by atoms with van der Waals surface area (Å²) in [5.74, 6) is 0. The fraction of sp³-hybridized carbons (Fsp3) is 0.267. The molecule has 132 valence electrons. The molecule has 0 radical (unpaired) electrons. The molecule has 0 N–H and O–H groups in total. The summed E-state index contributed by atoms with van der Waals surface area (Å²) >= 11 is -3.41. The fourth-order valence-corrected chi connectivity index (χ4v) is 9.00. The number of hydrogen-bond acceptors (Lipinski definition) is 4. The number of aryl methyl sites for hydroxylation is 3. The van der Waals surface area contributed by atoms with E-state index in [9.17, 15) is 21.6 Å². The zero-order valence-corrected chi connectivity index (χ0v) is 16.0. The molecule has 0 amide bonds. The number of aromatic nitrogens is 1. The second kappa shape index (κ2) is 6.96. The molecule has 0 aliphatic heterocycles. The summed E-state index contributed by atoms with van der Waals surface area (Å²) in [4.78, 5) is 4.04. The molecular formula is C15H15F3INO3S. The van der Waals surface area contributed by atoms with Crippen molar-refractivity contribution < 1.29 is 24.1 Å². The van der Waals surface area contributed by atoms with Crippen molar-refractivity contribution in [2.45, 2.75) is 26.3 Å². The Hall–Kier alpha value is -1.20. The van der Waals surface area contributed by atoms with Gasteiger partial charge in [-0.25, -0.2) is 0 Å². The minimum atomic E-state index is -5.71. The van der Waals surface area contributed by atoms with Gasteiger partial charge in [-0.3, -0.25) is 0 Å². The molecule has 0 unspecified atom stereocenters. The van der Waals surface area contributed by atoms with E-state index in [1.54, 1.807) is 38.1 Å². The van der Waals surface area contributed by atoms with Crippen molar-refractivity contribution in [3.63, 3.8) is 0 Å². The molecule has 24 heavy (non-hydrogen) atoms. The van der Waals surface area contributed by atoms with Crippen molar-refractivity contribution in [1.82, 2.24) is 4.98 Å². The number of nitrogens with zero attached hydrogens (tertiary/aromatic N) is 1. The molecule has 1 aromatic carbocycles. The average molecular weight is 473 g/mol. The first kappa shape index (κ1) is 19.1. The van der Waals surface area contributed by atoms with Gasteiger partial charge in [0.25, 0.3) is 0 Å². The van der Waals surface area contributed by atoms with Crippen LogP contribution in [0.25, 0.3) is 0 Å². The van der Waals surface area contributed by atoms with E-state index in [0.717, 1.165) is 5.56 Å². The van der Waals surface area contributed by atoms with E-state index >= 15 is 0 Å². The summed E-state index contributed by atoms with van der Waals surface area (Å²) in [6.45, 7) is 5.31. The molecule has 0 saturated heterocycles. The Morgan fingerprint density at radius 3 is 2.12 bits per heavy atom. The van der Waals surface area contributed by atoms with Crippen LogP contribution in [0.5, 0.6) is 0 Å². The number of halogens is 4. The molecule has 0 atom stereocenters. The quantitative estimate of drug-likeness (QED) is 0.377. The van der Waals surface area contributed by atoms with Crippen LogP contribution >= 0.6 is 20.2 Å². The van der Waals surface area contributed by atoms with Crippen molar-refractivity contribution >= 4 is 30.4 Å². The molecule has 2 rings (SSSR count). The van der Waals surface area contributed by atoms with Crippen LogP contribution in [0.1, 0.15) is 16.7 Å². The van der Waals surface area contributed by atoms with E-state index in [4.69, 9.17) is 2.51 Å². The van der Waals surface area contributed by atoms with Crippen molar-refractivity contribution in [2.75, 3.05) is 0 Å². The molecule has 9 heteroatoms.